The third-order valence-electron chi connectivity index (χ3n) is 7.73. The molecular weight excluding hydrogens is 396 g/mol. The molecule has 168 valence electrons. The van der Waals surface area contributed by atoms with Gasteiger partial charge in [-0.3, -0.25) is 4.90 Å². The van der Waals surface area contributed by atoms with Gasteiger partial charge in [-0.15, -0.1) is 5.10 Å². The number of tetrazole rings is 1. The summed E-state index contributed by atoms with van der Waals surface area (Å²) in [6, 6.07) is 17.2. The van der Waals surface area contributed by atoms with Crippen molar-refractivity contribution in [3.63, 3.8) is 0 Å². The van der Waals surface area contributed by atoms with Crippen molar-refractivity contribution in [2.45, 2.75) is 52.0 Å². The molecule has 2 aliphatic rings. The smallest absolute Gasteiger partial charge is 0.177 e. The summed E-state index contributed by atoms with van der Waals surface area (Å²) in [6.07, 6.45) is 4.85. The van der Waals surface area contributed by atoms with Crippen molar-refractivity contribution >= 4 is 5.69 Å². The number of aromatic nitrogens is 4. The predicted molar refractivity (Wildman–Crippen MR) is 128 cm³/mol. The number of hydrogen-bond donors (Lipinski definition) is 0. The topological polar surface area (TPSA) is 50.1 Å². The van der Waals surface area contributed by atoms with Crippen LogP contribution in [0, 0.1) is 19.8 Å². The van der Waals surface area contributed by atoms with E-state index in [9.17, 15) is 0 Å². The number of para-hydroxylation sites is 2. The van der Waals surface area contributed by atoms with Crippen molar-refractivity contribution in [2.75, 3.05) is 31.1 Å². The number of aryl methyl sites for hydroxylation is 2. The van der Waals surface area contributed by atoms with E-state index in [0.717, 1.165) is 44.1 Å². The first kappa shape index (κ1) is 21.1. The normalized spacial score (nSPS) is 24.6. The molecule has 1 saturated heterocycles. The lowest BCUT2D eigenvalue weighted by Crippen LogP contribution is -2.60. The van der Waals surface area contributed by atoms with Gasteiger partial charge in [-0.05, 0) is 66.3 Å². The molecule has 0 unspecified atom stereocenters. The van der Waals surface area contributed by atoms with Crippen LogP contribution in [-0.2, 0) is 5.54 Å². The summed E-state index contributed by atoms with van der Waals surface area (Å²) in [6.45, 7) is 10.8. The Morgan fingerprint density at radius 2 is 1.59 bits per heavy atom. The van der Waals surface area contributed by atoms with Crippen LogP contribution in [0.5, 0.6) is 0 Å². The molecule has 2 heterocycles. The Labute approximate surface area is 191 Å². The van der Waals surface area contributed by atoms with E-state index in [1.54, 1.807) is 0 Å². The molecule has 0 bridgehead atoms. The first-order chi connectivity index (χ1) is 15.6. The van der Waals surface area contributed by atoms with Gasteiger partial charge in [-0.25, -0.2) is 0 Å². The van der Waals surface area contributed by atoms with Crippen LogP contribution in [0.1, 0.15) is 49.6 Å². The third kappa shape index (κ3) is 3.51. The Bertz CT molecular complexity index is 1030. The van der Waals surface area contributed by atoms with Gasteiger partial charge in [-0.2, -0.15) is 4.68 Å². The van der Waals surface area contributed by atoms with Gasteiger partial charge in [-0.1, -0.05) is 56.2 Å². The second-order valence-corrected chi connectivity index (χ2v) is 9.54. The summed E-state index contributed by atoms with van der Waals surface area (Å²) in [5, 5.41) is 13.5. The van der Waals surface area contributed by atoms with Crippen molar-refractivity contribution in [3.8, 4) is 5.69 Å². The van der Waals surface area contributed by atoms with Crippen LogP contribution in [0.15, 0.2) is 48.5 Å². The Hall–Kier alpha value is -2.73. The van der Waals surface area contributed by atoms with Crippen LogP contribution in [0.4, 0.5) is 5.69 Å². The highest BCUT2D eigenvalue weighted by atomic mass is 15.6. The molecule has 1 aliphatic heterocycles. The lowest BCUT2D eigenvalue weighted by atomic mass is 9.71. The van der Waals surface area contributed by atoms with Crippen molar-refractivity contribution in [3.05, 3.63) is 65.5 Å². The van der Waals surface area contributed by atoms with Gasteiger partial charge >= 0.3 is 0 Å². The van der Waals surface area contributed by atoms with E-state index < -0.39 is 0 Å². The summed E-state index contributed by atoms with van der Waals surface area (Å²) in [4.78, 5) is 5.21. The summed E-state index contributed by atoms with van der Waals surface area (Å²) < 4.78 is 2.05. The molecule has 2 fully saturated rings. The standard InChI is InChI=1S/C26H34N6/c1-20-10-9-11-21(2)24(20)32-25(27-28-29-32)26(15-8-7-12-22(26)3)31-18-16-30(17-19-31)23-13-5-4-6-14-23/h4-6,9-11,13-14,22H,7-8,12,15-19H2,1-3H3/t22-,26-/m1/s1. The molecule has 6 heteroatoms. The highest BCUT2D eigenvalue weighted by molar-refractivity contribution is 5.48. The first-order valence-electron chi connectivity index (χ1n) is 12.0. The summed E-state index contributed by atoms with van der Waals surface area (Å²) in [7, 11) is 0. The fraction of sp³-hybridized carbons (Fsp3) is 0.500. The van der Waals surface area contributed by atoms with E-state index in [-0.39, 0.29) is 5.54 Å². The molecule has 2 aromatic carbocycles. The van der Waals surface area contributed by atoms with E-state index in [1.807, 2.05) is 0 Å². The zero-order chi connectivity index (χ0) is 22.1. The second-order valence-electron chi connectivity index (χ2n) is 9.54. The van der Waals surface area contributed by atoms with Gasteiger partial charge in [0.05, 0.1) is 11.2 Å². The van der Waals surface area contributed by atoms with Crippen LogP contribution >= 0.6 is 0 Å². The van der Waals surface area contributed by atoms with Crippen molar-refractivity contribution in [1.82, 2.24) is 25.1 Å². The molecule has 6 nitrogen and oxygen atoms in total. The minimum absolute atomic E-state index is 0.126. The molecule has 2 atom stereocenters. The maximum Gasteiger partial charge on any atom is 0.177 e. The average Bonchev–Trinajstić information content (AvgIpc) is 3.30. The Morgan fingerprint density at radius 3 is 2.28 bits per heavy atom. The second kappa shape index (κ2) is 8.66. The average molecular weight is 431 g/mol. The molecule has 3 aromatic rings. The monoisotopic (exact) mass is 430 g/mol. The molecule has 0 N–H and O–H groups in total. The van der Waals surface area contributed by atoms with Crippen LogP contribution < -0.4 is 4.90 Å². The number of piperazine rings is 1. The molecule has 1 saturated carbocycles. The van der Waals surface area contributed by atoms with Gasteiger partial charge < -0.3 is 4.90 Å². The Balaban J connectivity index is 1.52. The number of hydrogen-bond acceptors (Lipinski definition) is 5. The quantitative estimate of drug-likeness (QED) is 0.610. The van der Waals surface area contributed by atoms with Crippen molar-refractivity contribution in [1.29, 1.82) is 0 Å². The van der Waals surface area contributed by atoms with Crippen LogP contribution in [0.3, 0.4) is 0 Å². The Kier molecular flexibility index (Phi) is 5.72. The zero-order valence-electron chi connectivity index (χ0n) is 19.5. The van der Waals surface area contributed by atoms with Gasteiger partial charge in [0.1, 0.15) is 0 Å². The number of benzene rings is 2. The molecule has 32 heavy (non-hydrogen) atoms. The molecule has 0 spiro atoms. The Morgan fingerprint density at radius 1 is 0.875 bits per heavy atom. The van der Waals surface area contributed by atoms with Crippen LogP contribution in [0.25, 0.3) is 5.69 Å². The van der Waals surface area contributed by atoms with Gasteiger partial charge in [0.15, 0.2) is 5.82 Å². The summed E-state index contributed by atoms with van der Waals surface area (Å²) in [5.41, 5.74) is 4.75. The summed E-state index contributed by atoms with van der Waals surface area (Å²) >= 11 is 0. The predicted octanol–water partition coefficient (Wildman–Crippen LogP) is 4.51. The largest absolute Gasteiger partial charge is 0.369 e. The third-order valence-corrected chi connectivity index (χ3v) is 7.73. The van der Waals surface area contributed by atoms with Crippen molar-refractivity contribution < 1.29 is 0 Å². The van der Waals surface area contributed by atoms with E-state index in [2.05, 4.69) is 94.2 Å². The molecular formula is C26H34N6. The highest BCUT2D eigenvalue weighted by Gasteiger charge is 2.49. The molecule has 5 rings (SSSR count). The lowest BCUT2D eigenvalue weighted by Gasteiger charge is -2.52. The van der Waals surface area contributed by atoms with Crippen molar-refractivity contribution in [2.24, 2.45) is 5.92 Å². The fourth-order valence-electron chi connectivity index (χ4n) is 6.02. The minimum Gasteiger partial charge on any atom is -0.369 e. The minimum atomic E-state index is -0.126. The first-order valence-corrected chi connectivity index (χ1v) is 12.0. The maximum absolute atomic E-state index is 4.72. The van der Waals surface area contributed by atoms with Crippen LogP contribution in [0.2, 0.25) is 0 Å². The van der Waals surface area contributed by atoms with Gasteiger partial charge in [0.2, 0.25) is 0 Å². The summed E-state index contributed by atoms with van der Waals surface area (Å²) in [5.74, 6) is 1.53. The van der Waals surface area contributed by atoms with E-state index >= 15 is 0 Å². The van der Waals surface area contributed by atoms with E-state index in [0.29, 0.717) is 5.92 Å². The number of anilines is 1. The molecule has 1 aliphatic carbocycles. The SMILES string of the molecule is Cc1cccc(C)c1-n1nnnc1[C@@]1(N2CCN(c3ccccc3)CC2)CCCC[C@H]1C. The number of rotatable bonds is 4. The van der Waals surface area contributed by atoms with Gasteiger partial charge in [0, 0.05) is 31.9 Å². The van der Waals surface area contributed by atoms with E-state index in [4.69, 9.17) is 5.10 Å². The number of nitrogens with zero attached hydrogens (tertiary/aromatic N) is 6. The van der Waals surface area contributed by atoms with Crippen LogP contribution in [-0.4, -0.2) is 51.3 Å². The van der Waals surface area contributed by atoms with E-state index in [1.165, 1.54) is 36.1 Å². The molecule has 0 radical (unpaired) electrons. The zero-order valence-corrected chi connectivity index (χ0v) is 19.5. The maximum atomic E-state index is 4.72. The fourth-order valence-corrected chi connectivity index (χ4v) is 6.02. The highest BCUT2D eigenvalue weighted by Crippen LogP contribution is 2.46. The molecule has 0 amide bonds. The molecule has 1 aromatic heterocycles. The lowest BCUT2D eigenvalue weighted by molar-refractivity contribution is -0.0110. The van der Waals surface area contributed by atoms with Gasteiger partial charge in [0.25, 0.3) is 0 Å².